The quantitative estimate of drug-likeness (QED) is 0.826. The number of carboxylic acids is 1. The predicted molar refractivity (Wildman–Crippen MR) is 73.9 cm³/mol. The lowest BCUT2D eigenvalue weighted by Crippen LogP contribution is -2.72. The molecule has 0 radical (unpaired) electrons. The van der Waals surface area contributed by atoms with Gasteiger partial charge in [0.2, 0.25) is 5.54 Å². The molecule has 0 bridgehead atoms. The second kappa shape index (κ2) is 4.86. The van der Waals surface area contributed by atoms with Crippen molar-refractivity contribution in [1.29, 1.82) is 0 Å². The number of hydrogen-bond acceptors (Lipinski definition) is 3. The standard InChI is InChI=1S/C14H16BrNO4/c1-3-16(13(19)20)7-6-9-4-5-10(15)8-11(9)14(16,2)12(17)18/h4-5,8H,3,6-7H2,1-2H3,(H-,17,18,19,20). The summed E-state index contributed by atoms with van der Waals surface area (Å²) in [7, 11) is 0. The van der Waals surface area contributed by atoms with Crippen LogP contribution >= 0.6 is 15.9 Å². The van der Waals surface area contributed by atoms with Crippen LogP contribution in [0.3, 0.4) is 0 Å². The van der Waals surface area contributed by atoms with E-state index in [1.807, 2.05) is 12.1 Å². The van der Waals surface area contributed by atoms with Crippen molar-refractivity contribution >= 4 is 28.0 Å². The molecule has 2 atom stereocenters. The Morgan fingerprint density at radius 2 is 2.15 bits per heavy atom. The maximum atomic E-state index is 11.9. The molecule has 1 N–H and O–H groups in total. The van der Waals surface area contributed by atoms with Crippen molar-refractivity contribution in [3.05, 3.63) is 33.8 Å². The smallest absolute Gasteiger partial charge is 0.370 e. The van der Waals surface area contributed by atoms with Crippen LogP contribution in [-0.2, 0) is 16.8 Å². The minimum absolute atomic E-state index is 0.164. The Morgan fingerprint density at radius 1 is 1.50 bits per heavy atom. The summed E-state index contributed by atoms with van der Waals surface area (Å²) in [6, 6.07) is 5.39. The van der Waals surface area contributed by atoms with Gasteiger partial charge in [-0.1, -0.05) is 22.0 Å². The van der Waals surface area contributed by atoms with E-state index in [0.29, 0.717) is 12.0 Å². The average Bonchev–Trinajstić information content (AvgIpc) is 2.39. The zero-order chi connectivity index (χ0) is 15.1. The van der Waals surface area contributed by atoms with E-state index in [4.69, 9.17) is 0 Å². The minimum atomic E-state index is -1.55. The molecule has 1 aromatic carbocycles. The average molecular weight is 342 g/mol. The number of benzene rings is 1. The maximum Gasteiger partial charge on any atom is 0.370 e. The highest BCUT2D eigenvalue weighted by Gasteiger charge is 2.58. The van der Waals surface area contributed by atoms with Crippen LogP contribution in [0.5, 0.6) is 0 Å². The Hall–Kier alpha value is -1.40. The molecule has 0 saturated heterocycles. The molecule has 2 rings (SSSR count). The fourth-order valence-electron chi connectivity index (χ4n) is 3.16. The number of rotatable bonds is 2. The van der Waals surface area contributed by atoms with E-state index in [1.165, 1.54) is 6.92 Å². The summed E-state index contributed by atoms with van der Waals surface area (Å²) in [5.41, 5.74) is -0.136. The predicted octanol–water partition coefficient (Wildman–Crippen LogP) is 1.48. The fourth-order valence-corrected chi connectivity index (χ4v) is 3.52. The lowest BCUT2D eigenvalue weighted by Gasteiger charge is -2.51. The van der Waals surface area contributed by atoms with Crippen LogP contribution in [0.2, 0.25) is 0 Å². The highest BCUT2D eigenvalue weighted by molar-refractivity contribution is 9.10. The molecule has 0 fully saturated rings. The molecular formula is C14H16BrNO4. The van der Waals surface area contributed by atoms with Crippen LogP contribution in [0, 0.1) is 0 Å². The number of halogens is 1. The van der Waals surface area contributed by atoms with E-state index in [-0.39, 0.29) is 13.1 Å². The van der Waals surface area contributed by atoms with Crippen molar-refractivity contribution in [1.82, 2.24) is 0 Å². The molecule has 2 unspecified atom stereocenters. The first-order valence-corrected chi connectivity index (χ1v) is 7.20. The van der Waals surface area contributed by atoms with E-state index in [0.717, 1.165) is 10.0 Å². The van der Waals surface area contributed by atoms with E-state index >= 15 is 0 Å². The van der Waals surface area contributed by atoms with Crippen LogP contribution < -0.4 is 5.11 Å². The molecule has 0 aliphatic carbocycles. The van der Waals surface area contributed by atoms with Crippen LogP contribution in [0.25, 0.3) is 0 Å². The molecule has 1 aromatic rings. The lowest BCUT2D eigenvalue weighted by atomic mass is 9.79. The number of carboxylic acid groups (broad SMARTS) is 2. The number of hydrogen-bond donors (Lipinski definition) is 1. The zero-order valence-corrected chi connectivity index (χ0v) is 12.9. The first kappa shape index (κ1) is 15.0. The van der Waals surface area contributed by atoms with Gasteiger partial charge in [-0.25, -0.2) is 4.79 Å². The van der Waals surface area contributed by atoms with Crippen molar-refractivity contribution in [2.45, 2.75) is 25.8 Å². The summed E-state index contributed by atoms with van der Waals surface area (Å²) < 4.78 is 0.143. The molecule has 1 heterocycles. The molecule has 0 spiro atoms. The van der Waals surface area contributed by atoms with Crippen molar-refractivity contribution < 1.29 is 24.3 Å². The minimum Gasteiger partial charge on any atom is -0.498 e. The molecule has 1 aliphatic rings. The van der Waals surface area contributed by atoms with E-state index in [2.05, 4.69) is 15.9 Å². The SMILES string of the molecule is CC[N+]1(C(=O)[O-])CCc2ccc(Br)cc2C1(C)C(=O)O. The van der Waals surface area contributed by atoms with E-state index in [1.54, 1.807) is 13.0 Å². The second-order valence-electron chi connectivity index (χ2n) is 5.20. The third-order valence-electron chi connectivity index (χ3n) is 4.52. The summed E-state index contributed by atoms with van der Waals surface area (Å²) >= 11 is 3.32. The monoisotopic (exact) mass is 341 g/mol. The van der Waals surface area contributed by atoms with Crippen LogP contribution in [0.15, 0.2) is 22.7 Å². The number of carbonyl (C=O) groups excluding carboxylic acids is 1. The highest BCUT2D eigenvalue weighted by atomic mass is 79.9. The van der Waals surface area contributed by atoms with Gasteiger partial charge in [0, 0.05) is 23.4 Å². The Labute approximate surface area is 125 Å². The van der Waals surface area contributed by atoms with Gasteiger partial charge in [-0.15, -0.1) is 0 Å². The Morgan fingerprint density at radius 3 is 2.65 bits per heavy atom. The molecule has 1 aliphatic heterocycles. The van der Waals surface area contributed by atoms with Gasteiger partial charge in [0.1, 0.15) is 0 Å². The molecular weight excluding hydrogens is 326 g/mol. The van der Waals surface area contributed by atoms with Crippen LogP contribution in [0.4, 0.5) is 4.79 Å². The molecule has 0 aromatic heterocycles. The van der Waals surface area contributed by atoms with E-state index in [9.17, 15) is 19.8 Å². The van der Waals surface area contributed by atoms with Gasteiger partial charge in [-0.05, 0) is 24.6 Å². The summed E-state index contributed by atoms with van der Waals surface area (Å²) in [5.74, 6) is -1.15. The molecule has 1 amide bonds. The number of aliphatic carboxylic acids is 1. The van der Waals surface area contributed by atoms with Gasteiger partial charge in [0.05, 0.1) is 13.1 Å². The van der Waals surface area contributed by atoms with Gasteiger partial charge in [0.25, 0.3) is 6.09 Å². The molecule has 5 nitrogen and oxygen atoms in total. The normalized spacial score (nSPS) is 28.8. The third kappa shape index (κ3) is 1.78. The van der Waals surface area contributed by atoms with Gasteiger partial charge in [0.15, 0.2) is 0 Å². The molecule has 6 heteroatoms. The highest BCUT2D eigenvalue weighted by Crippen LogP contribution is 2.42. The van der Waals surface area contributed by atoms with Crippen molar-refractivity contribution in [2.24, 2.45) is 0 Å². The number of carbonyl (C=O) groups is 2. The number of quaternary nitrogens is 1. The van der Waals surface area contributed by atoms with Crippen LogP contribution in [-0.4, -0.2) is 34.7 Å². The zero-order valence-electron chi connectivity index (χ0n) is 11.4. The third-order valence-corrected chi connectivity index (χ3v) is 5.01. The number of nitrogens with zero attached hydrogens (tertiary/aromatic N) is 1. The summed E-state index contributed by atoms with van der Waals surface area (Å²) in [4.78, 5) is 23.6. The Bertz CT molecular complexity index is 589. The van der Waals surface area contributed by atoms with Crippen molar-refractivity contribution in [2.75, 3.05) is 13.1 Å². The summed E-state index contributed by atoms with van der Waals surface area (Å²) in [6.07, 6.45) is -0.823. The molecule has 0 saturated carbocycles. The largest absolute Gasteiger partial charge is 0.498 e. The lowest BCUT2D eigenvalue weighted by molar-refractivity contribution is -0.922. The summed E-state index contributed by atoms with van der Waals surface area (Å²) in [5, 5.41) is 21.4. The number of amides is 1. The number of likely N-dealkylation sites (N-methyl/N-ethyl adjacent to an activating group) is 1. The molecule has 20 heavy (non-hydrogen) atoms. The van der Waals surface area contributed by atoms with Crippen molar-refractivity contribution in [3.8, 4) is 0 Å². The summed E-state index contributed by atoms with van der Waals surface area (Å²) in [6.45, 7) is 3.53. The Kier molecular flexibility index (Phi) is 3.64. The number of fused-ring (bicyclic) bond motifs is 1. The van der Waals surface area contributed by atoms with Gasteiger partial charge in [-0.3, -0.25) is 4.48 Å². The van der Waals surface area contributed by atoms with Gasteiger partial charge in [-0.2, -0.15) is 0 Å². The molecule has 108 valence electrons. The maximum absolute atomic E-state index is 11.9. The first-order chi connectivity index (χ1) is 9.29. The fraction of sp³-hybridized carbons (Fsp3) is 0.429. The van der Waals surface area contributed by atoms with Crippen LogP contribution in [0.1, 0.15) is 25.0 Å². The first-order valence-electron chi connectivity index (χ1n) is 6.40. The topological polar surface area (TPSA) is 77.4 Å². The van der Waals surface area contributed by atoms with E-state index < -0.39 is 22.1 Å². The second-order valence-corrected chi connectivity index (χ2v) is 6.12. The van der Waals surface area contributed by atoms with Crippen molar-refractivity contribution in [3.63, 3.8) is 0 Å². The Balaban J connectivity index is 2.79. The van der Waals surface area contributed by atoms with Gasteiger partial charge >= 0.3 is 5.97 Å². The van der Waals surface area contributed by atoms with Gasteiger partial charge < -0.3 is 15.0 Å².